The largest absolute Gasteiger partial charge is 0.379 e. The summed E-state index contributed by atoms with van der Waals surface area (Å²) in [6.45, 7) is 9.31. The standard InChI is InChI=1S/C17H24ClN3O2/c18-16-4-2-1-3-15(16)17(22)21-9-7-19(8-10-21)5-6-20-11-13-23-14-12-20/h1-4H,5-14H2. The summed E-state index contributed by atoms with van der Waals surface area (Å²) in [7, 11) is 0. The summed E-state index contributed by atoms with van der Waals surface area (Å²) < 4.78 is 5.37. The Kier molecular flexibility index (Phi) is 5.89. The van der Waals surface area contributed by atoms with Crippen LogP contribution in [0.4, 0.5) is 0 Å². The molecule has 1 aromatic carbocycles. The van der Waals surface area contributed by atoms with Crippen LogP contribution in [0.1, 0.15) is 10.4 Å². The lowest BCUT2D eigenvalue weighted by Crippen LogP contribution is -2.51. The molecule has 126 valence electrons. The predicted molar refractivity (Wildman–Crippen MR) is 91.1 cm³/mol. The van der Waals surface area contributed by atoms with Crippen molar-refractivity contribution in [3.05, 3.63) is 34.9 Å². The van der Waals surface area contributed by atoms with E-state index >= 15 is 0 Å². The molecule has 2 aliphatic heterocycles. The highest BCUT2D eigenvalue weighted by molar-refractivity contribution is 6.33. The summed E-state index contributed by atoms with van der Waals surface area (Å²) in [4.78, 5) is 19.3. The molecular weight excluding hydrogens is 314 g/mol. The zero-order valence-electron chi connectivity index (χ0n) is 13.4. The lowest BCUT2D eigenvalue weighted by molar-refractivity contribution is 0.0293. The number of rotatable bonds is 4. The van der Waals surface area contributed by atoms with Gasteiger partial charge in [0.25, 0.3) is 5.91 Å². The number of benzene rings is 1. The van der Waals surface area contributed by atoms with Gasteiger partial charge in [-0.3, -0.25) is 14.6 Å². The van der Waals surface area contributed by atoms with Crippen LogP contribution in [-0.4, -0.2) is 86.2 Å². The molecule has 1 amide bonds. The lowest BCUT2D eigenvalue weighted by atomic mass is 10.2. The second kappa shape index (κ2) is 8.11. The third-order valence-corrected chi connectivity index (χ3v) is 4.93. The number of piperazine rings is 1. The number of carbonyl (C=O) groups excluding carboxylic acids is 1. The van der Waals surface area contributed by atoms with E-state index in [1.54, 1.807) is 12.1 Å². The lowest BCUT2D eigenvalue weighted by Gasteiger charge is -2.36. The Morgan fingerprint density at radius 1 is 0.957 bits per heavy atom. The normalized spacial score (nSPS) is 20.7. The number of morpholine rings is 1. The molecule has 23 heavy (non-hydrogen) atoms. The van der Waals surface area contributed by atoms with Crippen molar-refractivity contribution in [2.24, 2.45) is 0 Å². The first-order valence-corrected chi connectivity index (χ1v) is 8.68. The van der Waals surface area contributed by atoms with Gasteiger partial charge in [0.2, 0.25) is 0 Å². The van der Waals surface area contributed by atoms with Gasteiger partial charge < -0.3 is 9.64 Å². The van der Waals surface area contributed by atoms with E-state index in [4.69, 9.17) is 16.3 Å². The van der Waals surface area contributed by atoms with E-state index in [9.17, 15) is 4.79 Å². The number of hydrogen-bond acceptors (Lipinski definition) is 4. The Hall–Kier alpha value is -1.14. The quantitative estimate of drug-likeness (QED) is 0.833. The van der Waals surface area contributed by atoms with Crippen molar-refractivity contribution < 1.29 is 9.53 Å². The summed E-state index contributed by atoms with van der Waals surface area (Å²) in [6, 6.07) is 7.28. The Morgan fingerprint density at radius 2 is 1.57 bits per heavy atom. The Morgan fingerprint density at radius 3 is 2.22 bits per heavy atom. The number of ether oxygens (including phenoxy) is 1. The van der Waals surface area contributed by atoms with Crippen molar-refractivity contribution >= 4 is 17.5 Å². The monoisotopic (exact) mass is 337 g/mol. The van der Waals surface area contributed by atoms with Gasteiger partial charge in [0.1, 0.15) is 0 Å². The van der Waals surface area contributed by atoms with Gasteiger partial charge in [-0.1, -0.05) is 23.7 Å². The fourth-order valence-corrected chi connectivity index (χ4v) is 3.30. The molecule has 1 aromatic rings. The van der Waals surface area contributed by atoms with E-state index in [0.717, 1.165) is 65.6 Å². The molecular formula is C17H24ClN3O2. The van der Waals surface area contributed by atoms with Crippen LogP contribution in [0, 0.1) is 0 Å². The van der Waals surface area contributed by atoms with Gasteiger partial charge in [-0.25, -0.2) is 0 Å². The van der Waals surface area contributed by atoms with Crippen LogP contribution in [0.2, 0.25) is 5.02 Å². The fraction of sp³-hybridized carbons (Fsp3) is 0.588. The van der Waals surface area contributed by atoms with Gasteiger partial charge in [0.05, 0.1) is 23.8 Å². The number of carbonyl (C=O) groups is 1. The van der Waals surface area contributed by atoms with E-state index in [1.807, 2.05) is 17.0 Å². The molecule has 3 rings (SSSR count). The number of amides is 1. The first kappa shape index (κ1) is 16.7. The molecule has 0 atom stereocenters. The van der Waals surface area contributed by atoms with Gasteiger partial charge in [0.15, 0.2) is 0 Å². The summed E-state index contributed by atoms with van der Waals surface area (Å²) in [5.41, 5.74) is 0.607. The molecule has 0 saturated carbocycles. The minimum absolute atomic E-state index is 0.0448. The first-order valence-electron chi connectivity index (χ1n) is 8.30. The van der Waals surface area contributed by atoms with Gasteiger partial charge in [-0.15, -0.1) is 0 Å². The molecule has 6 heteroatoms. The molecule has 2 heterocycles. The van der Waals surface area contributed by atoms with E-state index < -0.39 is 0 Å². The zero-order chi connectivity index (χ0) is 16.1. The van der Waals surface area contributed by atoms with Crippen LogP contribution < -0.4 is 0 Å². The average molecular weight is 338 g/mol. The molecule has 0 bridgehead atoms. The van der Waals surface area contributed by atoms with E-state index in [1.165, 1.54) is 0 Å². The summed E-state index contributed by atoms with van der Waals surface area (Å²) in [5, 5.41) is 0.534. The van der Waals surface area contributed by atoms with E-state index in [0.29, 0.717) is 10.6 Å². The van der Waals surface area contributed by atoms with Gasteiger partial charge in [0, 0.05) is 52.4 Å². The minimum Gasteiger partial charge on any atom is -0.379 e. The molecule has 2 fully saturated rings. The molecule has 0 unspecified atom stereocenters. The maximum atomic E-state index is 12.5. The fourth-order valence-electron chi connectivity index (χ4n) is 3.09. The Bertz CT molecular complexity index is 526. The van der Waals surface area contributed by atoms with Gasteiger partial charge in [-0.05, 0) is 12.1 Å². The molecule has 2 saturated heterocycles. The molecule has 0 aromatic heterocycles. The third kappa shape index (κ3) is 4.44. The molecule has 0 N–H and O–H groups in total. The highest BCUT2D eigenvalue weighted by atomic mass is 35.5. The topological polar surface area (TPSA) is 36.0 Å². The minimum atomic E-state index is 0.0448. The average Bonchev–Trinajstić information content (AvgIpc) is 2.61. The van der Waals surface area contributed by atoms with Crippen LogP contribution >= 0.6 is 11.6 Å². The van der Waals surface area contributed by atoms with Crippen LogP contribution in [0.5, 0.6) is 0 Å². The second-order valence-electron chi connectivity index (χ2n) is 6.07. The molecule has 0 radical (unpaired) electrons. The van der Waals surface area contributed by atoms with Crippen molar-refractivity contribution in [2.75, 3.05) is 65.6 Å². The van der Waals surface area contributed by atoms with Crippen LogP contribution in [0.25, 0.3) is 0 Å². The highest BCUT2D eigenvalue weighted by Gasteiger charge is 2.23. The van der Waals surface area contributed by atoms with Crippen LogP contribution in [0.3, 0.4) is 0 Å². The highest BCUT2D eigenvalue weighted by Crippen LogP contribution is 2.18. The van der Waals surface area contributed by atoms with Gasteiger partial charge >= 0.3 is 0 Å². The summed E-state index contributed by atoms with van der Waals surface area (Å²) >= 11 is 6.13. The third-order valence-electron chi connectivity index (χ3n) is 4.60. The SMILES string of the molecule is O=C(c1ccccc1Cl)N1CCN(CCN2CCOCC2)CC1. The van der Waals surface area contributed by atoms with Crippen LogP contribution in [0.15, 0.2) is 24.3 Å². The zero-order valence-corrected chi connectivity index (χ0v) is 14.2. The van der Waals surface area contributed by atoms with Gasteiger partial charge in [-0.2, -0.15) is 0 Å². The number of halogens is 1. The maximum absolute atomic E-state index is 12.5. The molecule has 5 nitrogen and oxygen atoms in total. The van der Waals surface area contributed by atoms with Crippen LogP contribution in [-0.2, 0) is 4.74 Å². The number of hydrogen-bond donors (Lipinski definition) is 0. The second-order valence-corrected chi connectivity index (χ2v) is 6.47. The smallest absolute Gasteiger partial charge is 0.255 e. The first-order chi connectivity index (χ1) is 11.2. The van der Waals surface area contributed by atoms with E-state index in [-0.39, 0.29) is 5.91 Å². The van der Waals surface area contributed by atoms with Crippen molar-refractivity contribution in [2.45, 2.75) is 0 Å². The number of nitrogens with zero attached hydrogens (tertiary/aromatic N) is 3. The Labute approximate surface area is 142 Å². The van der Waals surface area contributed by atoms with Crippen molar-refractivity contribution in [3.63, 3.8) is 0 Å². The Balaban J connectivity index is 1.44. The predicted octanol–water partition coefficient (Wildman–Crippen LogP) is 1.43. The maximum Gasteiger partial charge on any atom is 0.255 e. The van der Waals surface area contributed by atoms with Crippen molar-refractivity contribution in [1.29, 1.82) is 0 Å². The summed E-state index contributed by atoms with van der Waals surface area (Å²) in [6.07, 6.45) is 0. The molecule has 2 aliphatic rings. The van der Waals surface area contributed by atoms with Crippen molar-refractivity contribution in [3.8, 4) is 0 Å². The van der Waals surface area contributed by atoms with E-state index in [2.05, 4.69) is 9.80 Å². The molecule has 0 spiro atoms. The van der Waals surface area contributed by atoms with Crippen molar-refractivity contribution in [1.82, 2.24) is 14.7 Å². The summed E-state index contributed by atoms with van der Waals surface area (Å²) in [5.74, 6) is 0.0448. The molecule has 0 aliphatic carbocycles.